The molecule has 0 spiro atoms. The van der Waals surface area contributed by atoms with Gasteiger partial charge in [-0.3, -0.25) is 14.4 Å². The monoisotopic (exact) mass is 419 g/mol. The molecule has 3 amide bonds. The van der Waals surface area contributed by atoms with Crippen LogP contribution < -0.4 is 25.0 Å². The van der Waals surface area contributed by atoms with Gasteiger partial charge in [0.15, 0.2) is 11.5 Å². The second-order valence-corrected chi connectivity index (χ2v) is 8.01. The number of amides is 3. The Labute approximate surface area is 175 Å². The number of aliphatic hydroxyl groups is 1. The first-order valence-electron chi connectivity index (χ1n) is 10.2. The van der Waals surface area contributed by atoms with Crippen LogP contribution in [0.25, 0.3) is 0 Å². The second-order valence-electron chi connectivity index (χ2n) is 8.01. The van der Waals surface area contributed by atoms with Crippen molar-refractivity contribution in [2.75, 3.05) is 31.3 Å². The molecule has 2 aliphatic heterocycles. The minimum Gasteiger partial charge on any atom is -0.486 e. The molecule has 0 bridgehead atoms. The largest absolute Gasteiger partial charge is 0.486 e. The van der Waals surface area contributed by atoms with Gasteiger partial charge in [-0.25, -0.2) is 0 Å². The quantitative estimate of drug-likeness (QED) is 0.591. The van der Waals surface area contributed by atoms with Gasteiger partial charge >= 0.3 is 0 Å². The summed E-state index contributed by atoms with van der Waals surface area (Å²) in [5, 5.41) is 14.8. The predicted molar refractivity (Wildman–Crippen MR) is 109 cm³/mol. The number of carbonyl (C=O) groups excluding carboxylic acids is 3. The number of hydrogen-bond acceptors (Lipinski definition) is 6. The summed E-state index contributed by atoms with van der Waals surface area (Å²) in [6.45, 7) is 6.34. The van der Waals surface area contributed by atoms with E-state index < -0.39 is 12.0 Å². The summed E-state index contributed by atoms with van der Waals surface area (Å²) in [5.74, 6) is -0.167. The Hall–Kier alpha value is -2.81. The number of ether oxygens (including phenoxy) is 2. The lowest BCUT2D eigenvalue weighted by atomic mass is 10.0. The lowest BCUT2D eigenvalue weighted by molar-refractivity contribution is -0.131. The van der Waals surface area contributed by atoms with Crippen LogP contribution in [0.5, 0.6) is 11.5 Å². The van der Waals surface area contributed by atoms with E-state index in [1.807, 2.05) is 13.8 Å². The van der Waals surface area contributed by atoms with Crippen molar-refractivity contribution in [2.45, 2.75) is 39.3 Å². The summed E-state index contributed by atoms with van der Waals surface area (Å²) < 4.78 is 11.1. The SMILES string of the molecule is CC(NC(=O)C1CC(=O)N(c2ccc3c(c2)OCCO3)C1)C(=O)NC(CO)C(C)C. The van der Waals surface area contributed by atoms with Gasteiger partial charge in [-0.1, -0.05) is 13.8 Å². The zero-order valence-corrected chi connectivity index (χ0v) is 17.5. The van der Waals surface area contributed by atoms with E-state index in [2.05, 4.69) is 10.6 Å². The highest BCUT2D eigenvalue weighted by Gasteiger charge is 2.36. The lowest BCUT2D eigenvalue weighted by Crippen LogP contribution is -2.51. The van der Waals surface area contributed by atoms with Crippen LogP contribution in [-0.4, -0.2) is 61.3 Å². The molecule has 2 heterocycles. The van der Waals surface area contributed by atoms with Crippen LogP contribution in [0.3, 0.4) is 0 Å². The van der Waals surface area contributed by atoms with Crippen LogP contribution in [0.4, 0.5) is 5.69 Å². The van der Waals surface area contributed by atoms with Crippen molar-refractivity contribution in [3.05, 3.63) is 18.2 Å². The van der Waals surface area contributed by atoms with Crippen molar-refractivity contribution in [1.29, 1.82) is 0 Å². The number of nitrogens with one attached hydrogen (secondary N) is 2. The van der Waals surface area contributed by atoms with Crippen molar-refractivity contribution in [3.8, 4) is 11.5 Å². The van der Waals surface area contributed by atoms with Crippen molar-refractivity contribution >= 4 is 23.4 Å². The molecule has 1 aromatic carbocycles. The number of carbonyl (C=O) groups is 3. The number of nitrogens with zero attached hydrogens (tertiary/aromatic N) is 1. The molecular formula is C21H29N3O6. The summed E-state index contributed by atoms with van der Waals surface area (Å²) in [6.07, 6.45) is 0.0693. The minimum absolute atomic E-state index is 0.0638. The summed E-state index contributed by atoms with van der Waals surface area (Å²) in [5.41, 5.74) is 0.646. The topological polar surface area (TPSA) is 117 Å². The van der Waals surface area contributed by atoms with Crippen molar-refractivity contribution in [1.82, 2.24) is 10.6 Å². The first kappa shape index (κ1) is 21.9. The van der Waals surface area contributed by atoms with Gasteiger partial charge in [-0.15, -0.1) is 0 Å². The van der Waals surface area contributed by atoms with E-state index in [4.69, 9.17) is 9.47 Å². The Kier molecular flexibility index (Phi) is 6.81. The molecule has 9 heteroatoms. The molecule has 3 unspecified atom stereocenters. The molecule has 164 valence electrons. The van der Waals surface area contributed by atoms with Crippen LogP contribution in [-0.2, 0) is 14.4 Å². The fraction of sp³-hybridized carbons (Fsp3) is 0.571. The molecule has 2 aliphatic rings. The molecule has 1 aromatic rings. The van der Waals surface area contributed by atoms with Gasteiger partial charge < -0.3 is 30.1 Å². The third-order valence-corrected chi connectivity index (χ3v) is 5.41. The molecule has 0 radical (unpaired) electrons. The van der Waals surface area contributed by atoms with Crippen LogP contribution in [0.1, 0.15) is 27.2 Å². The van der Waals surface area contributed by atoms with Crippen LogP contribution in [0.2, 0.25) is 0 Å². The Balaban J connectivity index is 1.59. The highest BCUT2D eigenvalue weighted by molar-refractivity contribution is 6.01. The van der Waals surface area contributed by atoms with E-state index in [-0.39, 0.29) is 49.3 Å². The van der Waals surface area contributed by atoms with Crippen molar-refractivity contribution in [2.24, 2.45) is 11.8 Å². The number of rotatable bonds is 7. The van der Waals surface area contributed by atoms with Gasteiger partial charge in [0.1, 0.15) is 19.3 Å². The standard InChI is InChI=1S/C21H29N3O6/c1-12(2)16(11-25)23-20(27)13(3)22-21(28)14-8-19(26)24(10-14)15-4-5-17-18(9-15)30-7-6-29-17/h4-5,9,12-14,16,25H,6-8,10-11H2,1-3H3,(H,22,28)(H,23,27). The van der Waals surface area contributed by atoms with Crippen LogP contribution in [0.15, 0.2) is 18.2 Å². The zero-order valence-electron chi connectivity index (χ0n) is 17.5. The molecule has 3 rings (SSSR count). The van der Waals surface area contributed by atoms with Crippen LogP contribution in [0, 0.1) is 11.8 Å². The Bertz CT molecular complexity index is 812. The molecule has 1 saturated heterocycles. The fourth-order valence-electron chi connectivity index (χ4n) is 3.46. The first-order chi connectivity index (χ1) is 14.3. The molecule has 1 fully saturated rings. The maximum Gasteiger partial charge on any atom is 0.242 e. The Morgan fingerprint density at radius 3 is 2.53 bits per heavy atom. The number of hydrogen-bond donors (Lipinski definition) is 3. The number of anilines is 1. The fourth-order valence-corrected chi connectivity index (χ4v) is 3.46. The average Bonchev–Trinajstić information content (AvgIpc) is 3.12. The third kappa shape index (κ3) is 4.84. The van der Waals surface area contributed by atoms with Gasteiger partial charge in [-0.2, -0.15) is 0 Å². The molecule has 3 atom stereocenters. The summed E-state index contributed by atoms with van der Waals surface area (Å²) in [7, 11) is 0. The third-order valence-electron chi connectivity index (χ3n) is 5.41. The number of benzene rings is 1. The van der Waals surface area contributed by atoms with Gasteiger partial charge in [0.05, 0.1) is 18.6 Å². The number of fused-ring (bicyclic) bond motifs is 1. The highest BCUT2D eigenvalue weighted by Crippen LogP contribution is 2.36. The first-order valence-corrected chi connectivity index (χ1v) is 10.2. The van der Waals surface area contributed by atoms with Crippen LogP contribution >= 0.6 is 0 Å². The minimum atomic E-state index is -0.774. The Morgan fingerprint density at radius 2 is 1.87 bits per heavy atom. The smallest absolute Gasteiger partial charge is 0.242 e. The van der Waals surface area contributed by atoms with E-state index in [0.717, 1.165) is 0 Å². The van der Waals surface area contributed by atoms with E-state index in [9.17, 15) is 19.5 Å². The van der Waals surface area contributed by atoms with Gasteiger partial charge in [0.25, 0.3) is 0 Å². The average molecular weight is 419 g/mol. The van der Waals surface area contributed by atoms with E-state index >= 15 is 0 Å². The van der Waals surface area contributed by atoms with Gasteiger partial charge in [0, 0.05) is 24.7 Å². The van der Waals surface area contributed by atoms with Crippen molar-refractivity contribution in [3.63, 3.8) is 0 Å². The van der Waals surface area contributed by atoms with Gasteiger partial charge in [0.2, 0.25) is 17.7 Å². The number of aliphatic hydroxyl groups excluding tert-OH is 1. The molecule has 0 saturated carbocycles. The molecule has 3 N–H and O–H groups in total. The van der Waals surface area contributed by atoms with E-state index in [0.29, 0.717) is 30.4 Å². The normalized spacial score (nSPS) is 20.1. The van der Waals surface area contributed by atoms with Gasteiger partial charge in [-0.05, 0) is 25.0 Å². The summed E-state index contributed by atoms with van der Waals surface area (Å²) in [4.78, 5) is 39.0. The maximum atomic E-state index is 12.6. The van der Waals surface area contributed by atoms with E-state index in [1.165, 1.54) is 0 Å². The summed E-state index contributed by atoms with van der Waals surface area (Å²) >= 11 is 0. The zero-order chi connectivity index (χ0) is 21.8. The maximum absolute atomic E-state index is 12.6. The molecule has 9 nitrogen and oxygen atoms in total. The highest BCUT2D eigenvalue weighted by atomic mass is 16.6. The molecule has 30 heavy (non-hydrogen) atoms. The second kappa shape index (κ2) is 9.34. The predicted octanol–water partition coefficient (Wildman–Crippen LogP) is 0.449. The molecule has 0 aromatic heterocycles. The van der Waals surface area contributed by atoms with E-state index in [1.54, 1.807) is 30.0 Å². The van der Waals surface area contributed by atoms with Crippen molar-refractivity contribution < 1.29 is 29.0 Å². The molecule has 0 aliphatic carbocycles. The molecular weight excluding hydrogens is 390 g/mol. The summed E-state index contributed by atoms with van der Waals surface area (Å²) in [6, 6.07) is 4.11. The Morgan fingerprint density at radius 1 is 1.17 bits per heavy atom. The lowest BCUT2D eigenvalue weighted by Gasteiger charge is -2.23.